The zero-order valence-electron chi connectivity index (χ0n) is 24.3. The first-order valence-corrected chi connectivity index (χ1v) is 15.5. The average molecular weight is 552 g/mol. The number of ether oxygens (including phenoxy) is 1. The summed E-state index contributed by atoms with van der Waals surface area (Å²) in [5.41, 5.74) is 3.26. The van der Waals surface area contributed by atoms with Gasteiger partial charge in [0.15, 0.2) is 0 Å². The standard InChI is InChI=1S/C36H45N3O2/c40-36(35(31-13-4-1-5-14-31)32-15-6-2-7-16-32)37-33-21-27-39(28-22-33)25-10-12-30-17-19-34(20-18-30)41-29-11-26-38-23-8-3-9-24-38/h1-2,4-7,10,12-20,33,35H,3,8-9,11,21-29H2,(H,37,40)/b12-10+. The van der Waals surface area contributed by atoms with Crippen LogP contribution in [0.15, 0.2) is 91.0 Å². The van der Waals surface area contributed by atoms with Crippen molar-refractivity contribution >= 4 is 12.0 Å². The van der Waals surface area contributed by atoms with Gasteiger partial charge < -0.3 is 15.0 Å². The van der Waals surface area contributed by atoms with Crippen LogP contribution in [0.3, 0.4) is 0 Å². The molecule has 2 aliphatic rings. The molecule has 0 unspecified atom stereocenters. The van der Waals surface area contributed by atoms with Crippen molar-refractivity contribution in [1.29, 1.82) is 0 Å². The van der Waals surface area contributed by atoms with Crippen molar-refractivity contribution in [1.82, 2.24) is 15.1 Å². The van der Waals surface area contributed by atoms with Crippen LogP contribution in [0.1, 0.15) is 61.1 Å². The lowest BCUT2D eigenvalue weighted by molar-refractivity contribution is -0.122. The Labute approximate surface area is 246 Å². The summed E-state index contributed by atoms with van der Waals surface area (Å²) in [6, 6.07) is 28.8. The highest BCUT2D eigenvalue weighted by Crippen LogP contribution is 2.25. The van der Waals surface area contributed by atoms with Crippen molar-refractivity contribution in [3.63, 3.8) is 0 Å². The molecule has 5 rings (SSSR count). The number of nitrogens with zero attached hydrogens (tertiary/aromatic N) is 2. The molecule has 2 heterocycles. The van der Waals surface area contributed by atoms with E-state index in [9.17, 15) is 4.79 Å². The molecule has 1 N–H and O–H groups in total. The van der Waals surface area contributed by atoms with E-state index >= 15 is 0 Å². The van der Waals surface area contributed by atoms with E-state index in [-0.39, 0.29) is 17.9 Å². The predicted molar refractivity (Wildman–Crippen MR) is 168 cm³/mol. The minimum atomic E-state index is -0.283. The highest BCUT2D eigenvalue weighted by atomic mass is 16.5. The Hall–Kier alpha value is -3.41. The summed E-state index contributed by atoms with van der Waals surface area (Å²) < 4.78 is 5.97. The first-order valence-electron chi connectivity index (χ1n) is 15.5. The second-order valence-corrected chi connectivity index (χ2v) is 11.4. The highest BCUT2D eigenvalue weighted by molar-refractivity contribution is 5.87. The van der Waals surface area contributed by atoms with Gasteiger partial charge >= 0.3 is 0 Å². The smallest absolute Gasteiger partial charge is 0.232 e. The van der Waals surface area contributed by atoms with Gasteiger partial charge in [-0.1, -0.05) is 91.4 Å². The maximum Gasteiger partial charge on any atom is 0.232 e. The number of carbonyl (C=O) groups excluding carboxylic acids is 1. The van der Waals surface area contributed by atoms with Crippen LogP contribution in [0.2, 0.25) is 0 Å². The molecule has 41 heavy (non-hydrogen) atoms. The molecule has 5 nitrogen and oxygen atoms in total. The second-order valence-electron chi connectivity index (χ2n) is 11.4. The van der Waals surface area contributed by atoms with Crippen LogP contribution in [-0.2, 0) is 4.79 Å². The Kier molecular flexibility index (Phi) is 11.0. The fourth-order valence-electron chi connectivity index (χ4n) is 6.00. The summed E-state index contributed by atoms with van der Waals surface area (Å²) >= 11 is 0. The van der Waals surface area contributed by atoms with Gasteiger partial charge in [-0.05, 0) is 74.0 Å². The Morgan fingerprint density at radius 2 is 1.44 bits per heavy atom. The molecule has 0 saturated carbocycles. The van der Waals surface area contributed by atoms with Crippen molar-refractivity contribution in [3.8, 4) is 5.75 Å². The lowest BCUT2D eigenvalue weighted by Gasteiger charge is -2.32. The van der Waals surface area contributed by atoms with E-state index in [1.54, 1.807) is 0 Å². The Morgan fingerprint density at radius 1 is 0.805 bits per heavy atom. The van der Waals surface area contributed by atoms with E-state index in [0.717, 1.165) is 68.9 Å². The number of piperidine rings is 2. The number of nitrogens with one attached hydrogen (secondary N) is 1. The van der Waals surface area contributed by atoms with Gasteiger partial charge in [-0.3, -0.25) is 9.69 Å². The molecule has 3 aromatic carbocycles. The normalized spacial score (nSPS) is 17.2. The van der Waals surface area contributed by atoms with E-state index < -0.39 is 0 Å². The summed E-state index contributed by atoms with van der Waals surface area (Å²) in [5, 5.41) is 3.36. The highest BCUT2D eigenvalue weighted by Gasteiger charge is 2.26. The van der Waals surface area contributed by atoms with E-state index in [0.29, 0.717) is 0 Å². The van der Waals surface area contributed by atoms with E-state index in [4.69, 9.17) is 4.74 Å². The molecule has 0 aliphatic carbocycles. The van der Waals surface area contributed by atoms with Crippen LogP contribution in [-0.4, -0.2) is 67.6 Å². The molecule has 0 spiro atoms. The SMILES string of the molecule is O=C(NC1CCN(C/C=C/c2ccc(OCCCN3CCCCC3)cc2)CC1)C(c1ccccc1)c1ccccc1. The van der Waals surface area contributed by atoms with E-state index in [2.05, 4.69) is 51.5 Å². The average Bonchev–Trinajstić information content (AvgIpc) is 3.03. The zero-order chi connectivity index (χ0) is 28.1. The van der Waals surface area contributed by atoms with Crippen LogP contribution >= 0.6 is 0 Å². The third kappa shape index (κ3) is 9.04. The number of benzene rings is 3. The lowest BCUT2D eigenvalue weighted by Crippen LogP contribution is -2.46. The van der Waals surface area contributed by atoms with Crippen LogP contribution in [0.5, 0.6) is 5.75 Å². The van der Waals surface area contributed by atoms with Crippen LogP contribution in [0.25, 0.3) is 6.08 Å². The van der Waals surface area contributed by atoms with Gasteiger partial charge in [0.25, 0.3) is 0 Å². The van der Waals surface area contributed by atoms with E-state index in [1.165, 1.54) is 37.9 Å². The van der Waals surface area contributed by atoms with Crippen molar-refractivity contribution in [2.75, 3.05) is 45.9 Å². The number of amides is 1. The van der Waals surface area contributed by atoms with Gasteiger partial charge in [0.2, 0.25) is 5.91 Å². The Bertz CT molecular complexity index is 1160. The molecule has 216 valence electrons. The first kappa shape index (κ1) is 29.1. The zero-order valence-corrected chi connectivity index (χ0v) is 24.3. The Morgan fingerprint density at radius 3 is 2.07 bits per heavy atom. The number of rotatable bonds is 12. The topological polar surface area (TPSA) is 44.8 Å². The van der Waals surface area contributed by atoms with Gasteiger partial charge in [0.05, 0.1) is 12.5 Å². The maximum atomic E-state index is 13.4. The molecule has 0 radical (unpaired) electrons. The maximum absolute atomic E-state index is 13.4. The van der Waals surface area contributed by atoms with Crippen molar-refractivity contribution in [3.05, 3.63) is 108 Å². The summed E-state index contributed by atoms with van der Waals surface area (Å²) in [4.78, 5) is 18.5. The van der Waals surface area contributed by atoms with Crippen LogP contribution in [0.4, 0.5) is 0 Å². The molecule has 2 aliphatic heterocycles. The van der Waals surface area contributed by atoms with Gasteiger partial charge in [-0.25, -0.2) is 0 Å². The van der Waals surface area contributed by atoms with Gasteiger partial charge in [-0.15, -0.1) is 0 Å². The molecule has 1 amide bonds. The molecular weight excluding hydrogens is 506 g/mol. The first-order chi connectivity index (χ1) is 20.2. The largest absolute Gasteiger partial charge is 0.494 e. The van der Waals surface area contributed by atoms with E-state index in [1.807, 2.05) is 60.7 Å². The third-order valence-electron chi connectivity index (χ3n) is 8.35. The number of hydrogen-bond donors (Lipinski definition) is 1. The molecule has 0 bridgehead atoms. The number of hydrogen-bond acceptors (Lipinski definition) is 4. The summed E-state index contributed by atoms with van der Waals surface area (Å²) in [6.07, 6.45) is 11.5. The minimum absolute atomic E-state index is 0.0928. The molecule has 0 atom stereocenters. The minimum Gasteiger partial charge on any atom is -0.494 e. The predicted octanol–water partition coefficient (Wildman–Crippen LogP) is 6.37. The fraction of sp³-hybridized carbons (Fsp3) is 0.417. The molecule has 3 aromatic rings. The molecule has 2 saturated heterocycles. The van der Waals surface area contributed by atoms with Gasteiger partial charge in [0.1, 0.15) is 5.75 Å². The molecule has 5 heteroatoms. The van der Waals surface area contributed by atoms with Gasteiger partial charge in [0, 0.05) is 32.2 Å². The van der Waals surface area contributed by atoms with Crippen LogP contribution in [0, 0.1) is 0 Å². The quantitative estimate of drug-likeness (QED) is 0.266. The molecule has 2 fully saturated rings. The lowest BCUT2D eigenvalue weighted by atomic mass is 9.90. The van der Waals surface area contributed by atoms with Crippen LogP contribution < -0.4 is 10.1 Å². The van der Waals surface area contributed by atoms with Crippen molar-refractivity contribution in [2.24, 2.45) is 0 Å². The number of likely N-dealkylation sites (tertiary alicyclic amines) is 2. The monoisotopic (exact) mass is 551 g/mol. The number of carbonyl (C=O) groups is 1. The van der Waals surface area contributed by atoms with Gasteiger partial charge in [-0.2, -0.15) is 0 Å². The van der Waals surface area contributed by atoms with Crippen molar-refractivity contribution in [2.45, 2.75) is 50.5 Å². The summed E-state index contributed by atoms with van der Waals surface area (Å²) in [5.74, 6) is 0.761. The molecular formula is C36H45N3O2. The summed E-state index contributed by atoms with van der Waals surface area (Å²) in [7, 11) is 0. The Balaban J connectivity index is 1.02. The fourth-order valence-corrected chi connectivity index (χ4v) is 6.00. The second kappa shape index (κ2) is 15.6. The third-order valence-corrected chi connectivity index (χ3v) is 8.35. The summed E-state index contributed by atoms with van der Waals surface area (Å²) in [6.45, 7) is 7.32. The molecule has 0 aromatic heterocycles. The van der Waals surface area contributed by atoms with Crippen molar-refractivity contribution < 1.29 is 9.53 Å².